The molecule has 0 unspecified atom stereocenters. The van der Waals surface area contributed by atoms with E-state index in [9.17, 15) is 23.3 Å². The number of sulfone groups is 1. The van der Waals surface area contributed by atoms with E-state index in [4.69, 9.17) is 5.11 Å². The fourth-order valence-electron chi connectivity index (χ4n) is 1.78. The molecular formula is C11H9N3O6S. The molecule has 0 radical (unpaired) electrons. The van der Waals surface area contributed by atoms with E-state index in [1.807, 2.05) is 0 Å². The van der Waals surface area contributed by atoms with Crippen LogP contribution in [0, 0.1) is 10.1 Å². The summed E-state index contributed by atoms with van der Waals surface area (Å²) < 4.78 is 24.9. The summed E-state index contributed by atoms with van der Waals surface area (Å²) in [7, 11) is -3.79. The van der Waals surface area contributed by atoms with Crippen molar-refractivity contribution in [3.05, 3.63) is 46.5 Å². The van der Waals surface area contributed by atoms with Gasteiger partial charge in [-0.1, -0.05) is 0 Å². The number of aromatic carboxylic acids is 1. The number of rotatable bonds is 4. The van der Waals surface area contributed by atoms with Crippen molar-refractivity contribution in [2.75, 3.05) is 6.26 Å². The van der Waals surface area contributed by atoms with E-state index in [0.717, 1.165) is 18.4 Å². The molecule has 10 heteroatoms. The quantitative estimate of drug-likeness (QED) is 0.654. The zero-order valence-electron chi connectivity index (χ0n) is 10.6. The Bertz CT molecular complexity index is 826. The number of carboxylic acids is 1. The number of hydrogen-bond acceptors (Lipinski definition) is 6. The van der Waals surface area contributed by atoms with Crippen molar-refractivity contribution in [2.45, 2.75) is 4.90 Å². The molecule has 1 heterocycles. The van der Waals surface area contributed by atoms with Gasteiger partial charge in [-0.05, 0) is 6.07 Å². The summed E-state index contributed by atoms with van der Waals surface area (Å²) in [4.78, 5) is 24.6. The SMILES string of the molecule is CS(=O)(=O)c1cc(C(=O)O)c([N+](=O)[O-])cc1-n1ccnc1. The molecule has 0 fully saturated rings. The van der Waals surface area contributed by atoms with Crippen molar-refractivity contribution in [1.82, 2.24) is 9.55 Å². The molecule has 1 aromatic carbocycles. The number of nitro groups is 1. The van der Waals surface area contributed by atoms with Gasteiger partial charge in [-0.2, -0.15) is 0 Å². The lowest BCUT2D eigenvalue weighted by atomic mass is 10.1. The smallest absolute Gasteiger partial charge is 0.342 e. The van der Waals surface area contributed by atoms with Crippen molar-refractivity contribution in [1.29, 1.82) is 0 Å². The van der Waals surface area contributed by atoms with E-state index in [0.29, 0.717) is 0 Å². The molecule has 0 saturated carbocycles. The maximum absolute atomic E-state index is 11.8. The van der Waals surface area contributed by atoms with Gasteiger partial charge in [-0.25, -0.2) is 18.2 Å². The monoisotopic (exact) mass is 311 g/mol. The van der Waals surface area contributed by atoms with Crippen molar-refractivity contribution < 1.29 is 23.2 Å². The number of nitro benzene ring substituents is 1. The summed E-state index contributed by atoms with van der Waals surface area (Å²) in [6.45, 7) is 0. The Morgan fingerprint density at radius 3 is 2.52 bits per heavy atom. The molecule has 2 aromatic rings. The molecule has 110 valence electrons. The molecule has 0 aliphatic heterocycles. The van der Waals surface area contributed by atoms with Gasteiger partial charge in [0.15, 0.2) is 9.84 Å². The molecule has 0 aliphatic carbocycles. The van der Waals surface area contributed by atoms with Gasteiger partial charge in [0, 0.05) is 24.7 Å². The molecule has 0 bridgehead atoms. The number of benzene rings is 1. The van der Waals surface area contributed by atoms with Gasteiger partial charge in [0.2, 0.25) is 0 Å². The lowest BCUT2D eigenvalue weighted by molar-refractivity contribution is -0.385. The molecule has 0 saturated heterocycles. The number of carbonyl (C=O) groups is 1. The van der Waals surface area contributed by atoms with Crippen LogP contribution in [0.4, 0.5) is 5.69 Å². The molecule has 2 rings (SSSR count). The molecule has 0 amide bonds. The summed E-state index contributed by atoms with van der Waals surface area (Å²) >= 11 is 0. The number of nitrogens with zero attached hydrogens (tertiary/aromatic N) is 3. The molecule has 0 aliphatic rings. The predicted molar refractivity (Wildman–Crippen MR) is 70.3 cm³/mol. The molecule has 21 heavy (non-hydrogen) atoms. The third-order valence-corrected chi connectivity index (χ3v) is 3.81. The highest BCUT2D eigenvalue weighted by Crippen LogP contribution is 2.29. The summed E-state index contributed by atoms with van der Waals surface area (Å²) in [6.07, 6.45) is 4.91. The maximum atomic E-state index is 11.8. The lowest BCUT2D eigenvalue weighted by Crippen LogP contribution is -2.10. The van der Waals surface area contributed by atoms with Gasteiger partial charge in [-0.15, -0.1) is 0 Å². The Balaban J connectivity index is 2.89. The highest BCUT2D eigenvalue weighted by molar-refractivity contribution is 7.90. The van der Waals surface area contributed by atoms with Crippen LogP contribution in [0.2, 0.25) is 0 Å². The maximum Gasteiger partial charge on any atom is 0.342 e. The Hall–Kier alpha value is -2.75. The van der Waals surface area contributed by atoms with E-state index in [1.165, 1.54) is 23.3 Å². The zero-order valence-corrected chi connectivity index (χ0v) is 11.4. The van der Waals surface area contributed by atoms with Crippen molar-refractivity contribution >= 4 is 21.5 Å². The second-order valence-corrected chi connectivity index (χ2v) is 6.13. The fourth-order valence-corrected chi connectivity index (χ4v) is 2.66. The molecular weight excluding hydrogens is 302 g/mol. The Labute approximate surface area is 118 Å². The van der Waals surface area contributed by atoms with E-state index < -0.39 is 32.0 Å². The van der Waals surface area contributed by atoms with Gasteiger partial charge < -0.3 is 9.67 Å². The van der Waals surface area contributed by atoms with E-state index in [1.54, 1.807) is 0 Å². The summed E-state index contributed by atoms with van der Waals surface area (Å²) in [5.74, 6) is -1.58. The van der Waals surface area contributed by atoms with Gasteiger partial charge >= 0.3 is 5.97 Å². The van der Waals surface area contributed by atoms with E-state index in [2.05, 4.69) is 4.98 Å². The molecule has 1 aromatic heterocycles. The van der Waals surface area contributed by atoms with E-state index >= 15 is 0 Å². The van der Waals surface area contributed by atoms with Gasteiger partial charge in [-0.3, -0.25) is 10.1 Å². The van der Waals surface area contributed by atoms with Crippen LogP contribution in [-0.2, 0) is 9.84 Å². The second kappa shape index (κ2) is 4.98. The number of aromatic nitrogens is 2. The van der Waals surface area contributed by atoms with Crippen molar-refractivity contribution in [3.63, 3.8) is 0 Å². The van der Waals surface area contributed by atoms with Crippen LogP contribution in [0.5, 0.6) is 0 Å². The zero-order chi connectivity index (χ0) is 15.8. The van der Waals surface area contributed by atoms with Crippen LogP contribution in [0.3, 0.4) is 0 Å². The molecule has 0 atom stereocenters. The summed E-state index contributed by atoms with van der Waals surface area (Å²) in [5, 5.41) is 20.0. The van der Waals surface area contributed by atoms with Crippen LogP contribution in [0.25, 0.3) is 5.69 Å². The molecule has 1 N–H and O–H groups in total. The van der Waals surface area contributed by atoms with Crippen molar-refractivity contribution in [3.8, 4) is 5.69 Å². The Morgan fingerprint density at radius 2 is 2.10 bits per heavy atom. The van der Waals surface area contributed by atoms with Gasteiger partial charge in [0.25, 0.3) is 5.69 Å². The van der Waals surface area contributed by atoms with Crippen LogP contribution in [0.15, 0.2) is 35.7 Å². The Morgan fingerprint density at radius 1 is 1.43 bits per heavy atom. The first-order valence-corrected chi connectivity index (χ1v) is 7.35. The largest absolute Gasteiger partial charge is 0.477 e. The minimum Gasteiger partial charge on any atom is -0.477 e. The first-order chi connectivity index (χ1) is 9.71. The van der Waals surface area contributed by atoms with Crippen molar-refractivity contribution in [2.24, 2.45) is 0 Å². The first kappa shape index (κ1) is 14.7. The topological polar surface area (TPSA) is 132 Å². The second-order valence-electron chi connectivity index (χ2n) is 4.14. The average Bonchev–Trinajstić information content (AvgIpc) is 2.89. The van der Waals surface area contributed by atoms with Crippen LogP contribution in [0.1, 0.15) is 10.4 Å². The number of carboxylic acid groups (broad SMARTS) is 1. The standard InChI is InChI=1S/C11H9N3O6S/c1-21(19,20)10-4-7(11(15)16)8(14(17)18)5-9(10)13-3-2-12-6-13/h2-6H,1H3,(H,15,16). The Kier molecular flexibility index (Phi) is 3.47. The summed E-state index contributed by atoms with van der Waals surface area (Å²) in [5.41, 5.74) is -1.42. The fraction of sp³-hybridized carbons (Fsp3) is 0.0909. The predicted octanol–water partition coefficient (Wildman–Crippen LogP) is 0.882. The van der Waals surface area contributed by atoms with Gasteiger partial charge in [0.05, 0.1) is 21.8 Å². The third kappa shape index (κ3) is 2.74. The minimum atomic E-state index is -3.79. The van der Waals surface area contributed by atoms with Gasteiger partial charge in [0.1, 0.15) is 5.56 Å². The van der Waals surface area contributed by atoms with E-state index in [-0.39, 0.29) is 10.6 Å². The third-order valence-electron chi connectivity index (χ3n) is 2.69. The summed E-state index contributed by atoms with van der Waals surface area (Å²) in [6, 6.07) is 1.69. The van der Waals surface area contributed by atoms with Crippen LogP contribution in [-0.4, -0.2) is 40.2 Å². The highest BCUT2D eigenvalue weighted by Gasteiger charge is 2.27. The minimum absolute atomic E-state index is 0.0355. The molecule has 9 nitrogen and oxygen atoms in total. The van der Waals surface area contributed by atoms with Crippen LogP contribution < -0.4 is 0 Å². The number of imidazole rings is 1. The lowest BCUT2D eigenvalue weighted by Gasteiger charge is -2.10. The number of hydrogen-bond donors (Lipinski definition) is 1. The first-order valence-electron chi connectivity index (χ1n) is 5.46. The normalized spacial score (nSPS) is 11.3. The highest BCUT2D eigenvalue weighted by atomic mass is 32.2. The average molecular weight is 311 g/mol. The van der Waals surface area contributed by atoms with Crippen LogP contribution >= 0.6 is 0 Å². The molecule has 0 spiro atoms.